The maximum absolute atomic E-state index is 12.7. The summed E-state index contributed by atoms with van der Waals surface area (Å²) in [6.45, 7) is 3.91. The lowest BCUT2D eigenvalue weighted by Crippen LogP contribution is -2.57. The predicted octanol–water partition coefficient (Wildman–Crippen LogP) is 3.53. The summed E-state index contributed by atoms with van der Waals surface area (Å²) in [5.41, 5.74) is 3.39. The molecule has 0 radical (unpaired) electrons. The van der Waals surface area contributed by atoms with Gasteiger partial charge < -0.3 is 20.5 Å². The van der Waals surface area contributed by atoms with Crippen LogP contribution in [0.4, 0.5) is 4.79 Å². The quantitative estimate of drug-likeness (QED) is 0.587. The molecule has 1 saturated carbocycles. The molecule has 2 aromatic rings. The Balaban J connectivity index is 1.35. The van der Waals surface area contributed by atoms with Crippen LogP contribution >= 0.6 is 0 Å². The van der Waals surface area contributed by atoms with Gasteiger partial charge in [0, 0.05) is 12.5 Å². The van der Waals surface area contributed by atoms with Crippen molar-refractivity contribution in [2.45, 2.75) is 38.1 Å². The standard InChI is InChI=1S/C25H28N2O5/c1-3-25(2,23(30)26-13-15-12-20(15)22(28)29)27-24(31)32-14-21-18-10-6-4-8-16(18)17-9-5-7-11-19(17)21/h4-11,15,20-21H,3,12-14H2,1-2H3,(H,26,30)(H,27,31)(H,28,29)/t15-,20-,25?/m0/s1. The average molecular weight is 437 g/mol. The first-order chi connectivity index (χ1) is 15.3. The summed E-state index contributed by atoms with van der Waals surface area (Å²) in [5, 5.41) is 14.5. The molecule has 2 aromatic carbocycles. The van der Waals surface area contributed by atoms with Crippen LogP contribution in [0.3, 0.4) is 0 Å². The van der Waals surface area contributed by atoms with Crippen LogP contribution in [0.25, 0.3) is 11.1 Å². The van der Waals surface area contributed by atoms with Crippen molar-refractivity contribution < 1.29 is 24.2 Å². The first kappa shape index (κ1) is 21.9. The number of rotatable bonds is 8. The topological polar surface area (TPSA) is 105 Å². The summed E-state index contributed by atoms with van der Waals surface area (Å²) in [6, 6.07) is 16.2. The van der Waals surface area contributed by atoms with Gasteiger partial charge in [-0.05, 0) is 47.9 Å². The van der Waals surface area contributed by atoms with Gasteiger partial charge in [0.05, 0.1) is 5.92 Å². The molecule has 0 aliphatic heterocycles. The Bertz CT molecular complexity index is 1010. The minimum atomic E-state index is -1.14. The second-order valence-corrected chi connectivity index (χ2v) is 8.79. The van der Waals surface area contributed by atoms with Gasteiger partial charge in [-0.3, -0.25) is 9.59 Å². The number of fused-ring (bicyclic) bond motifs is 3. The summed E-state index contributed by atoms with van der Waals surface area (Å²) >= 11 is 0. The van der Waals surface area contributed by atoms with E-state index in [0.717, 1.165) is 22.3 Å². The highest BCUT2D eigenvalue weighted by molar-refractivity contribution is 5.89. The van der Waals surface area contributed by atoms with Crippen molar-refractivity contribution in [2.75, 3.05) is 13.2 Å². The van der Waals surface area contributed by atoms with Crippen LogP contribution < -0.4 is 10.6 Å². The fourth-order valence-corrected chi connectivity index (χ4v) is 4.36. The van der Waals surface area contributed by atoms with Gasteiger partial charge >= 0.3 is 12.1 Å². The lowest BCUT2D eigenvalue weighted by molar-refractivity contribution is -0.139. The Kier molecular flexibility index (Phi) is 5.91. The summed E-state index contributed by atoms with van der Waals surface area (Å²) in [7, 11) is 0. The molecule has 168 valence electrons. The van der Waals surface area contributed by atoms with E-state index in [0.29, 0.717) is 12.8 Å². The molecule has 0 saturated heterocycles. The van der Waals surface area contributed by atoms with E-state index in [2.05, 4.69) is 22.8 Å². The molecule has 0 aromatic heterocycles. The van der Waals surface area contributed by atoms with Gasteiger partial charge in [-0.25, -0.2) is 4.79 Å². The van der Waals surface area contributed by atoms with Gasteiger partial charge in [0.2, 0.25) is 5.91 Å². The van der Waals surface area contributed by atoms with Crippen LogP contribution in [0, 0.1) is 11.8 Å². The number of benzene rings is 2. The fraction of sp³-hybridized carbons (Fsp3) is 0.400. The minimum absolute atomic E-state index is 0.0491. The highest BCUT2D eigenvalue weighted by Gasteiger charge is 2.44. The summed E-state index contributed by atoms with van der Waals surface area (Å²) in [5.74, 6) is -1.67. The Labute approximate surface area is 187 Å². The van der Waals surface area contributed by atoms with Gasteiger partial charge in [0.15, 0.2) is 0 Å². The van der Waals surface area contributed by atoms with Crippen LogP contribution in [-0.4, -0.2) is 41.8 Å². The second kappa shape index (κ2) is 8.65. The highest BCUT2D eigenvalue weighted by Crippen LogP contribution is 2.44. The molecule has 7 heteroatoms. The number of hydrogen-bond donors (Lipinski definition) is 3. The molecule has 32 heavy (non-hydrogen) atoms. The number of ether oxygens (including phenoxy) is 1. The van der Waals surface area contributed by atoms with E-state index >= 15 is 0 Å². The number of amides is 2. The Hall–Kier alpha value is -3.35. The van der Waals surface area contributed by atoms with Gasteiger partial charge in [-0.15, -0.1) is 0 Å². The van der Waals surface area contributed by atoms with E-state index < -0.39 is 23.5 Å². The monoisotopic (exact) mass is 436 g/mol. The first-order valence-electron chi connectivity index (χ1n) is 11.0. The van der Waals surface area contributed by atoms with E-state index in [4.69, 9.17) is 9.84 Å². The van der Waals surface area contributed by atoms with Crippen molar-refractivity contribution in [3.05, 3.63) is 59.7 Å². The molecule has 3 atom stereocenters. The normalized spacial score (nSPS) is 20.4. The van der Waals surface area contributed by atoms with E-state index in [1.807, 2.05) is 36.4 Å². The number of carboxylic acid groups (broad SMARTS) is 1. The van der Waals surface area contributed by atoms with Gasteiger partial charge in [0.25, 0.3) is 0 Å². The molecule has 2 aliphatic carbocycles. The maximum Gasteiger partial charge on any atom is 0.408 e. The summed E-state index contributed by atoms with van der Waals surface area (Å²) in [4.78, 5) is 36.3. The largest absolute Gasteiger partial charge is 0.481 e. The molecule has 0 spiro atoms. The predicted molar refractivity (Wildman–Crippen MR) is 119 cm³/mol. The molecular weight excluding hydrogens is 408 g/mol. The van der Waals surface area contributed by atoms with E-state index in [-0.39, 0.29) is 30.9 Å². The lowest BCUT2D eigenvalue weighted by atomic mass is 9.97. The van der Waals surface area contributed by atoms with Crippen molar-refractivity contribution in [2.24, 2.45) is 11.8 Å². The molecule has 1 unspecified atom stereocenters. The number of carbonyl (C=O) groups excluding carboxylic acids is 2. The molecule has 3 N–H and O–H groups in total. The summed E-state index contributed by atoms with van der Waals surface area (Å²) < 4.78 is 5.57. The van der Waals surface area contributed by atoms with E-state index in [1.54, 1.807) is 13.8 Å². The molecule has 4 rings (SSSR count). The smallest absolute Gasteiger partial charge is 0.408 e. The van der Waals surface area contributed by atoms with Gasteiger partial charge in [-0.1, -0.05) is 55.5 Å². The van der Waals surface area contributed by atoms with E-state index in [1.165, 1.54) is 0 Å². The van der Waals surface area contributed by atoms with Crippen molar-refractivity contribution in [1.29, 1.82) is 0 Å². The average Bonchev–Trinajstić information content (AvgIpc) is 3.51. The number of alkyl carbamates (subject to hydrolysis) is 1. The van der Waals surface area contributed by atoms with Crippen LogP contribution in [0.2, 0.25) is 0 Å². The van der Waals surface area contributed by atoms with Crippen molar-refractivity contribution in [1.82, 2.24) is 10.6 Å². The summed E-state index contributed by atoms with van der Waals surface area (Å²) in [6.07, 6.45) is 0.287. The molecule has 0 heterocycles. The van der Waals surface area contributed by atoms with Crippen molar-refractivity contribution in [3.8, 4) is 11.1 Å². The van der Waals surface area contributed by atoms with Crippen molar-refractivity contribution >= 4 is 18.0 Å². The lowest BCUT2D eigenvalue weighted by Gasteiger charge is -2.28. The molecule has 2 aliphatic rings. The maximum atomic E-state index is 12.7. The van der Waals surface area contributed by atoms with Gasteiger partial charge in [0.1, 0.15) is 12.1 Å². The van der Waals surface area contributed by atoms with Crippen LogP contribution in [0.5, 0.6) is 0 Å². The molecule has 2 amide bonds. The van der Waals surface area contributed by atoms with Crippen molar-refractivity contribution in [3.63, 3.8) is 0 Å². The Morgan fingerprint density at radius 2 is 1.66 bits per heavy atom. The zero-order valence-electron chi connectivity index (χ0n) is 18.3. The molecule has 1 fully saturated rings. The zero-order chi connectivity index (χ0) is 22.9. The van der Waals surface area contributed by atoms with Crippen LogP contribution in [0.1, 0.15) is 43.7 Å². The van der Waals surface area contributed by atoms with Gasteiger partial charge in [-0.2, -0.15) is 0 Å². The first-order valence-corrected chi connectivity index (χ1v) is 11.0. The molecule has 0 bridgehead atoms. The van der Waals surface area contributed by atoms with Crippen LogP contribution in [0.15, 0.2) is 48.5 Å². The molecule has 7 nitrogen and oxygen atoms in total. The number of nitrogens with one attached hydrogen (secondary N) is 2. The third-order valence-corrected chi connectivity index (χ3v) is 6.69. The number of aliphatic carboxylic acids is 1. The zero-order valence-corrected chi connectivity index (χ0v) is 18.3. The second-order valence-electron chi connectivity index (χ2n) is 8.79. The molecular formula is C25H28N2O5. The fourth-order valence-electron chi connectivity index (χ4n) is 4.36. The number of carboxylic acids is 1. The SMILES string of the molecule is CCC(C)(NC(=O)OCC1c2ccccc2-c2ccccc21)C(=O)NC[C@@H]1C[C@@H]1C(=O)O. The number of hydrogen-bond acceptors (Lipinski definition) is 4. The Morgan fingerprint density at radius 1 is 1.06 bits per heavy atom. The third-order valence-electron chi connectivity index (χ3n) is 6.69. The minimum Gasteiger partial charge on any atom is -0.481 e. The third kappa shape index (κ3) is 4.20. The van der Waals surface area contributed by atoms with Crippen LogP contribution in [-0.2, 0) is 14.3 Å². The highest BCUT2D eigenvalue weighted by atomic mass is 16.5. The number of carbonyl (C=O) groups is 3. The van der Waals surface area contributed by atoms with E-state index in [9.17, 15) is 14.4 Å². The Morgan fingerprint density at radius 3 is 2.19 bits per heavy atom.